The second-order valence-corrected chi connectivity index (χ2v) is 6.99. The number of nitrogens with zero attached hydrogens (tertiary/aromatic N) is 3. The van der Waals surface area contributed by atoms with Gasteiger partial charge in [0.2, 0.25) is 5.95 Å². The number of carbonyl (C=O) groups is 1. The molecule has 0 unspecified atom stereocenters. The Hall–Kier alpha value is -2.64. The molecule has 1 amide bonds. The van der Waals surface area contributed by atoms with Gasteiger partial charge in [0.05, 0.1) is 5.57 Å². The van der Waals surface area contributed by atoms with Crippen molar-refractivity contribution in [1.82, 2.24) is 14.8 Å². The van der Waals surface area contributed by atoms with Crippen LogP contribution in [0.1, 0.15) is 17.8 Å². The SMILES string of the molecule is CC1=C(C(=O)Nc2ccc(Cl)cc2)[C@H](c2cccs2)n2ncnc2N1. The number of carbonyl (C=O) groups excluding carboxylic acids is 1. The Kier molecular flexibility index (Phi) is 4.03. The van der Waals surface area contributed by atoms with Gasteiger partial charge in [0, 0.05) is 21.3 Å². The zero-order chi connectivity index (χ0) is 17.4. The fourth-order valence-corrected chi connectivity index (χ4v) is 3.77. The molecule has 1 aliphatic heterocycles. The molecular formula is C17H14ClN5OS. The Morgan fingerprint density at radius 3 is 2.84 bits per heavy atom. The molecule has 3 aromatic rings. The number of thiophene rings is 1. The largest absolute Gasteiger partial charge is 0.328 e. The van der Waals surface area contributed by atoms with Crippen LogP contribution in [0, 0.1) is 0 Å². The van der Waals surface area contributed by atoms with Crippen molar-refractivity contribution >= 4 is 40.5 Å². The highest BCUT2D eigenvalue weighted by molar-refractivity contribution is 7.10. The molecule has 2 N–H and O–H groups in total. The number of halogens is 1. The Labute approximate surface area is 153 Å². The molecule has 0 spiro atoms. The molecule has 2 aromatic heterocycles. The van der Waals surface area contributed by atoms with Crippen molar-refractivity contribution in [3.8, 4) is 0 Å². The molecule has 8 heteroatoms. The molecule has 0 bridgehead atoms. The monoisotopic (exact) mass is 371 g/mol. The quantitative estimate of drug-likeness (QED) is 0.732. The number of rotatable bonds is 3. The van der Waals surface area contributed by atoms with E-state index in [1.54, 1.807) is 40.3 Å². The molecule has 3 heterocycles. The predicted octanol–water partition coefficient (Wildman–Crippen LogP) is 3.92. The maximum atomic E-state index is 13.0. The number of amides is 1. The van der Waals surface area contributed by atoms with Crippen molar-refractivity contribution in [2.75, 3.05) is 10.6 Å². The number of aromatic nitrogens is 3. The summed E-state index contributed by atoms with van der Waals surface area (Å²) in [7, 11) is 0. The van der Waals surface area contributed by atoms with E-state index in [0.717, 1.165) is 10.6 Å². The minimum Gasteiger partial charge on any atom is -0.328 e. The third-order valence-electron chi connectivity index (χ3n) is 3.95. The molecule has 1 aromatic carbocycles. The first-order valence-corrected chi connectivity index (χ1v) is 8.87. The number of anilines is 2. The van der Waals surface area contributed by atoms with Crippen molar-refractivity contribution in [1.29, 1.82) is 0 Å². The van der Waals surface area contributed by atoms with Gasteiger partial charge in [-0.05, 0) is 42.6 Å². The highest BCUT2D eigenvalue weighted by Gasteiger charge is 2.33. The Balaban J connectivity index is 1.72. The van der Waals surface area contributed by atoms with Gasteiger partial charge >= 0.3 is 0 Å². The lowest BCUT2D eigenvalue weighted by Crippen LogP contribution is -2.31. The van der Waals surface area contributed by atoms with Crippen LogP contribution in [-0.4, -0.2) is 20.7 Å². The summed E-state index contributed by atoms with van der Waals surface area (Å²) >= 11 is 7.49. The van der Waals surface area contributed by atoms with E-state index in [1.165, 1.54) is 6.33 Å². The lowest BCUT2D eigenvalue weighted by molar-refractivity contribution is -0.113. The highest BCUT2D eigenvalue weighted by atomic mass is 35.5. The van der Waals surface area contributed by atoms with Crippen LogP contribution in [0.25, 0.3) is 0 Å². The lowest BCUT2D eigenvalue weighted by Gasteiger charge is -2.27. The summed E-state index contributed by atoms with van der Waals surface area (Å²) < 4.78 is 1.73. The average Bonchev–Trinajstić information content (AvgIpc) is 3.26. The summed E-state index contributed by atoms with van der Waals surface area (Å²) in [5.41, 5.74) is 2.05. The van der Waals surface area contributed by atoms with Crippen LogP contribution in [0.3, 0.4) is 0 Å². The van der Waals surface area contributed by atoms with Gasteiger partial charge in [-0.25, -0.2) is 4.68 Å². The fraction of sp³-hybridized carbons (Fsp3) is 0.118. The van der Waals surface area contributed by atoms with Gasteiger partial charge in [-0.3, -0.25) is 4.79 Å². The maximum Gasteiger partial charge on any atom is 0.255 e. The number of allylic oxidation sites excluding steroid dienone is 1. The van der Waals surface area contributed by atoms with Crippen LogP contribution in [0.4, 0.5) is 11.6 Å². The Bertz CT molecular complexity index is 946. The normalized spacial score (nSPS) is 16.3. The van der Waals surface area contributed by atoms with Crippen LogP contribution < -0.4 is 10.6 Å². The number of hydrogen-bond acceptors (Lipinski definition) is 5. The fourth-order valence-electron chi connectivity index (χ4n) is 2.83. The third-order valence-corrected chi connectivity index (χ3v) is 5.13. The van der Waals surface area contributed by atoms with E-state index in [4.69, 9.17) is 11.6 Å². The molecule has 1 atom stereocenters. The first-order valence-electron chi connectivity index (χ1n) is 7.61. The topological polar surface area (TPSA) is 71.8 Å². The summed E-state index contributed by atoms with van der Waals surface area (Å²) in [6, 6.07) is 10.7. The minimum absolute atomic E-state index is 0.188. The van der Waals surface area contributed by atoms with Crippen LogP contribution >= 0.6 is 22.9 Å². The third kappa shape index (κ3) is 2.92. The van der Waals surface area contributed by atoms with E-state index in [2.05, 4.69) is 20.7 Å². The van der Waals surface area contributed by atoms with E-state index < -0.39 is 0 Å². The maximum absolute atomic E-state index is 13.0. The van der Waals surface area contributed by atoms with Crippen LogP contribution in [0.2, 0.25) is 5.02 Å². The van der Waals surface area contributed by atoms with Gasteiger partial charge in [0.25, 0.3) is 5.91 Å². The molecule has 126 valence electrons. The molecule has 1 aliphatic rings. The van der Waals surface area contributed by atoms with E-state index in [0.29, 0.717) is 22.2 Å². The summed E-state index contributed by atoms with van der Waals surface area (Å²) in [6.07, 6.45) is 1.48. The van der Waals surface area contributed by atoms with E-state index in [-0.39, 0.29) is 11.9 Å². The second kappa shape index (κ2) is 6.34. The van der Waals surface area contributed by atoms with Crippen LogP contribution in [0.15, 0.2) is 59.4 Å². The van der Waals surface area contributed by atoms with Crippen molar-refractivity contribution in [3.05, 3.63) is 69.3 Å². The predicted molar refractivity (Wildman–Crippen MR) is 98.9 cm³/mol. The van der Waals surface area contributed by atoms with E-state index in [1.807, 2.05) is 24.4 Å². The van der Waals surface area contributed by atoms with Gasteiger partial charge in [-0.1, -0.05) is 17.7 Å². The van der Waals surface area contributed by atoms with Crippen molar-refractivity contribution in [2.24, 2.45) is 0 Å². The van der Waals surface area contributed by atoms with E-state index >= 15 is 0 Å². The van der Waals surface area contributed by atoms with Gasteiger partial charge in [-0.15, -0.1) is 11.3 Å². The van der Waals surface area contributed by atoms with Crippen molar-refractivity contribution < 1.29 is 4.79 Å². The second-order valence-electron chi connectivity index (χ2n) is 5.57. The first-order chi connectivity index (χ1) is 12.1. The van der Waals surface area contributed by atoms with Gasteiger partial charge in [-0.2, -0.15) is 10.1 Å². The Morgan fingerprint density at radius 1 is 1.32 bits per heavy atom. The molecule has 6 nitrogen and oxygen atoms in total. The molecule has 0 saturated carbocycles. The molecule has 0 radical (unpaired) electrons. The molecule has 0 aliphatic carbocycles. The highest BCUT2D eigenvalue weighted by Crippen LogP contribution is 2.37. The van der Waals surface area contributed by atoms with Gasteiger partial charge < -0.3 is 10.6 Å². The molecular weight excluding hydrogens is 358 g/mol. The summed E-state index contributed by atoms with van der Waals surface area (Å²) in [5, 5.41) is 13.0. The van der Waals surface area contributed by atoms with Gasteiger partial charge in [0.1, 0.15) is 12.4 Å². The smallest absolute Gasteiger partial charge is 0.255 e. The lowest BCUT2D eigenvalue weighted by atomic mass is 10.0. The van der Waals surface area contributed by atoms with Crippen LogP contribution in [-0.2, 0) is 4.79 Å². The van der Waals surface area contributed by atoms with Crippen molar-refractivity contribution in [3.63, 3.8) is 0 Å². The molecule has 4 rings (SSSR count). The zero-order valence-electron chi connectivity index (χ0n) is 13.2. The average molecular weight is 372 g/mol. The number of hydrogen-bond donors (Lipinski definition) is 2. The molecule has 0 saturated heterocycles. The Morgan fingerprint density at radius 2 is 2.12 bits per heavy atom. The standard InChI is InChI=1S/C17H14ClN5OS/c1-10-14(16(24)22-12-6-4-11(18)5-7-12)15(13-3-2-8-25-13)23-17(21-10)19-9-20-23/h2-9,15H,1H3,(H,22,24)(H,19,20,21)/t15-/m0/s1. The molecule has 0 fully saturated rings. The van der Waals surface area contributed by atoms with Gasteiger partial charge in [0.15, 0.2) is 0 Å². The summed E-state index contributed by atoms with van der Waals surface area (Å²) in [5.74, 6) is 0.436. The number of benzene rings is 1. The molecule has 25 heavy (non-hydrogen) atoms. The van der Waals surface area contributed by atoms with Crippen LogP contribution in [0.5, 0.6) is 0 Å². The van der Waals surface area contributed by atoms with Crippen molar-refractivity contribution in [2.45, 2.75) is 13.0 Å². The number of nitrogens with one attached hydrogen (secondary N) is 2. The minimum atomic E-state index is -0.314. The summed E-state index contributed by atoms with van der Waals surface area (Å²) in [6.45, 7) is 1.87. The zero-order valence-corrected chi connectivity index (χ0v) is 14.8. The first kappa shape index (κ1) is 15.9. The summed E-state index contributed by atoms with van der Waals surface area (Å²) in [4.78, 5) is 18.2. The number of fused-ring (bicyclic) bond motifs is 1. The van der Waals surface area contributed by atoms with E-state index in [9.17, 15) is 4.79 Å².